The summed E-state index contributed by atoms with van der Waals surface area (Å²) >= 11 is 0. The minimum Gasteiger partial charge on any atom is -0.494 e. The summed E-state index contributed by atoms with van der Waals surface area (Å²) in [5.74, 6) is 2.93. The van der Waals surface area contributed by atoms with Gasteiger partial charge in [-0.3, -0.25) is 0 Å². The van der Waals surface area contributed by atoms with Gasteiger partial charge in [-0.15, -0.1) is 0 Å². The van der Waals surface area contributed by atoms with Gasteiger partial charge in [0.1, 0.15) is 5.75 Å². The average molecular weight is 277 g/mol. The lowest BCUT2D eigenvalue weighted by molar-refractivity contribution is 0.339. The van der Waals surface area contributed by atoms with Gasteiger partial charge in [0, 0.05) is 6.54 Å². The van der Waals surface area contributed by atoms with Crippen molar-refractivity contribution in [3.05, 3.63) is 29.8 Å². The minimum atomic E-state index is 0.578. The second-order valence-corrected chi connectivity index (χ2v) is 6.05. The third kappa shape index (κ3) is 5.54. The molecule has 0 bridgehead atoms. The number of benzene rings is 1. The van der Waals surface area contributed by atoms with Crippen LogP contribution in [0.1, 0.15) is 52.5 Å². The molecular formula is C18H31NO. The van der Waals surface area contributed by atoms with E-state index in [0.29, 0.717) is 17.8 Å². The minimum absolute atomic E-state index is 0.578. The summed E-state index contributed by atoms with van der Waals surface area (Å²) in [7, 11) is 0. The molecule has 0 heterocycles. The van der Waals surface area contributed by atoms with Crippen LogP contribution in [-0.2, 0) is 0 Å². The van der Waals surface area contributed by atoms with E-state index in [2.05, 4.69) is 57.3 Å². The predicted molar refractivity (Wildman–Crippen MR) is 87.5 cm³/mol. The van der Waals surface area contributed by atoms with Crippen molar-refractivity contribution in [1.29, 1.82) is 0 Å². The van der Waals surface area contributed by atoms with Crippen molar-refractivity contribution in [2.75, 3.05) is 19.7 Å². The number of ether oxygens (including phenoxy) is 1. The van der Waals surface area contributed by atoms with Crippen LogP contribution in [-0.4, -0.2) is 19.7 Å². The molecule has 0 saturated carbocycles. The Balaban J connectivity index is 2.71. The molecule has 0 aromatic heterocycles. The molecule has 1 aromatic rings. The third-order valence-corrected chi connectivity index (χ3v) is 3.87. The zero-order chi connectivity index (χ0) is 15.0. The van der Waals surface area contributed by atoms with Crippen LogP contribution in [0.3, 0.4) is 0 Å². The summed E-state index contributed by atoms with van der Waals surface area (Å²) in [5.41, 5.74) is 1.42. The Labute approximate surface area is 124 Å². The van der Waals surface area contributed by atoms with Crippen molar-refractivity contribution in [3.63, 3.8) is 0 Å². The van der Waals surface area contributed by atoms with Crippen LogP contribution in [0.15, 0.2) is 24.3 Å². The fourth-order valence-electron chi connectivity index (χ4n) is 2.44. The van der Waals surface area contributed by atoms with Crippen LogP contribution in [0.25, 0.3) is 0 Å². The highest BCUT2D eigenvalue weighted by atomic mass is 16.5. The van der Waals surface area contributed by atoms with Crippen LogP contribution in [0.2, 0.25) is 0 Å². The molecule has 0 spiro atoms. The van der Waals surface area contributed by atoms with Crippen molar-refractivity contribution in [3.8, 4) is 5.75 Å². The van der Waals surface area contributed by atoms with Gasteiger partial charge in [0.25, 0.3) is 0 Å². The summed E-state index contributed by atoms with van der Waals surface area (Å²) < 4.78 is 5.52. The van der Waals surface area contributed by atoms with E-state index >= 15 is 0 Å². The highest BCUT2D eigenvalue weighted by Gasteiger charge is 2.17. The van der Waals surface area contributed by atoms with Crippen molar-refractivity contribution in [1.82, 2.24) is 5.32 Å². The molecule has 2 unspecified atom stereocenters. The largest absolute Gasteiger partial charge is 0.494 e. The second-order valence-electron chi connectivity index (χ2n) is 6.05. The van der Waals surface area contributed by atoms with Crippen LogP contribution < -0.4 is 10.1 Å². The normalized spacial score (nSPS) is 14.3. The first kappa shape index (κ1) is 17.0. The molecule has 0 radical (unpaired) electrons. The van der Waals surface area contributed by atoms with E-state index in [0.717, 1.165) is 25.4 Å². The zero-order valence-corrected chi connectivity index (χ0v) is 13.8. The Bertz CT molecular complexity index is 358. The number of hydrogen-bond acceptors (Lipinski definition) is 2. The topological polar surface area (TPSA) is 21.3 Å². The standard InChI is InChI=1S/C18H31NO/c1-6-15(5)18(13-19-12-14(3)4)16-8-10-17(11-9-16)20-7-2/h8-11,14-15,18-19H,6-7,12-13H2,1-5H3. The van der Waals surface area contributed by atoms with Crippen molar-refractivity contribution in [2.24, 2.45) is 11.8 Å². The van der Waals surface area contributed by atoms with Crippen LogP contribution in [0.4, 0.5) is 0 Å². The van der Waals surface area contributed by atoms with Gasteiger partial charge in [-0.05, 0) is 48.9 Å². The highest BCUT2D eigenvalue weighted by Crippen LogP contribution is 2.28. The molecule has 0 aliphatic rings. The first-order valence-electron chi connectivity index (χ1n) is 8.01. The fraction of sp³-hybridized carbons (Fsp3) is 0.667. The van der Waals surface area contributed by atoms with E-state index in [1.165, 1.54) is 12.0 Å². The molecule has 2 atom stereocenters. The Hall–Kier alpha value is -1.02. The molecule has 0 saturated heterocycles. The molecule has 0 aliphatic carbocycles. The van der Waals surface area contributed by atoms with Gasteiger partial charge < -0.3 is 10.1 Å². The zero-order valence-electron chi connectivity index (χ0n) is 13.8. The van der Waals surface area contributed by atoms with Crippen LogP contribution >= 0.6 is 0 Å². The molecule has 0 amide bonds. The molecule has 2 nitrogen and oxygen atoms in total. The van der Waals surface area contributed by atoms with Gasteiger partial charge in [-0.1, -0.05) is 46.2 Å². The highest BCUT2D eigenvalue weighted by molar-refractivity contribution is 5.30. The molecule has 0 fully saturated rings. The van der Waals surface area contributed by atoms with Gasteiger partial charge in [0.05, 0.1) is 6.61 Å². The summed E-state index contributed by atoms with van der Waals surface area (Å²) in [4.78, 5) is 0. The molecule has 114 valence electrons. The van der Waals surface area contributed by atoms with E-state index in [-0.39, 0.29) is 0 Å². The van der Waals surface area contributed by atoms with Gasteiger partial charge in [-0.25, -0.2) is 0 Å². The van der Waals surface area contributed by atoms with E-state index in [9.17, 15) is 0 Å². The first-order valence-corrected chi connectivity index (χ1v) is 8.01. The number of rotatable bonds is 9. The second kappa shape index (κ2) is 9.02. The lowest BCUT2D eigenvalue weighted by Crippen LogP contribution is -2.28. The predicted octanol–water partition coefficient (Wildman–Crippen LogP) is 4.46. The van der Waals surface area contributed by atoms with Gasteiger partial charge in [0.2, 0.25) is 0 Å². The Morgan fingerprint density at radius 1 is 1.00 bits per heavy atom. The Kier molecular flexibility index (Phi) is 7.68. The maximum atomic E-state index is 5.52. The molecule has 1 rings (SSSR count). The monoisotopic (exact) mass is 277 g/mol. The SMILES string of the molecule is CCOc1ccc(C(CNCC(C)C)C(C)CC)cc1. The van der Waals surface area contributed by atoms with Gasteiger partial charge in [0.15, 0.2) is 0 Å². The van der Waals surface area contributed by atoms with Crippen LogP contribution in [0, 0.1) is 11.8 Å². The molecule has 0 aliphatic heterocycles. The van der Waals surface area contributed by atoms with E-state index in [1.54, 1.807) is 0 Å². The smallest absolute Gasteiger partial charge is 0.119 e. The molecule has 20 heavy (non-hydrogen) atoms. The average Bonchev–Trinajstić information content (AvgIpc) is 2.44. The summed E-state index contributed by atoms with van der Waals surface area (Å²) in [6.07, 6.45) is 1.21. The summed E-state index contributed by atoms with van der Waals surface area (Å²) in [6, 6.07) is 8.63. The molecule has 1 aromatic carbocycles. The quantitative estimate of drug-likeness (QED) is 0.719. The van der Waals surface area contributed by atoms with E-state index in [4.69, 9.17) is 4.74 Å². The number of hydrogen-bond donors (Lipinski definition) is 1. The first-order chi connectivity index (χ1) is 9.58. The Morgan fingerprint density at radius 3 is 2.15 bits per heavy atom. The van der Waals surface area contributed by atoms with Gasteiger partial charge in [-0.2, -0.15) is 0 Å². The molecule has 1 N–H and O–H groups in total. The summed E-state index contributed by atoms with van der Waals surface area (Å²) in [6.45, 7) is 14.0. The lowest BCUT2D eigenvalue weighted by atomic mass is 9.85. The molecular weight excluding hydrogens is 246 g/mol. The van der Waals surface area contributed by atoms with E-state index in [1.807, 2.05) is 6.92 Å². The van der Waals surface area contributed by atoms with Crippen molar-refractivity contribution in [2.45, 2.75) is 47.0 Å². The van der Waals surface area contributed by atoms with Crippen molar-refractivity contribution < 1.29 is 4.74 Å². The van der Waals surface area contributed by atoms with E-state index < -0.39 is 0 Å². The number of nitrogens with one attached hydrogen (secondary N) is 1. The maximum Gasteiger partial charge on any atom is 0.119 e. The fourth-order valence-corrected chi connectivity index (χ4v) is 2.44. The van der Waals surface area contributed by atoms with Gasteiger partial charge >= 0.3 is 0 Å². The molecule has 2 heteroatoms. The summed E-state index contributed by atoms with van der Waals surface area (Å²) in [5, 5.41) is 3.61. The maximum absolute atomic E-state index is 5.52. The lowest BCUT2D eigenvalue weighted by Gasteiger charge is -2.24. The van der Waals surface area contributed by atoms with Crippen molar-refractivity contribution >= 4 is 0 Å². The third-order valence-electron chi connectivity index (χ3n) is 3.87. The van der Waals surface area contributed by atoms with Crippen LogP contribution in [0.5, 0.6) is 5.75 Å². The Morgan fingerprint density at radius 2 is 1.65 bits per heavy atom.